The van der Waals surface area contributed by atoms with E-state index in [2.05, 4.69) is 28.8 Å². The maximum atomic E-state index is 13.2. The number of aromatic nitrogens is 2. The molecular formula is C24H27N3O5S. The number of ether oxygens (including phenoxy) is 2. The standard InChI is InChI=1S/C24H27N3O5S/c1-5-7-13-33-24-26-20-19(21(28)27-24)18(15-8-10-16(11-9-15)22(29)31-4)17(14(3)25-20)23(30)32-12-6-2/h6,8-11,18H,2,5,7,12-13H2,1,3-4H3,(H2,25,26,27,28). The van der Waals surface area contributed by atoms with Gasteiger partial charge in [0.25, 0.3) is 5.56 Å². The molecule has 0 radical (unpaired) electrons. The largest absolute Gasteiger partial charge is 0.465 e. The molecular weight excluding hydrogens is 442 g/mol. The van der Waals surface area contributed by atoms with Crippen LogP contribution in [0.2, 0.25) is 0 Å². The summed E-state index contributed by atoms with van der Waals surface area (Å²) in [4.78, 5) is 45.5. The molecule has 2 N–H and O–H groups in total. The molecule has 0 spiro atoms. The number of thioether (sulfide) groups is 1. The summed E-state index contributed by atoms with van der Waals surface area (Å²) < 4.78 is 10.1. The SMILES string of the molecule is C=CCOC(=O)C1=C(C)Nc2nc(SCCCC)[nH]c(=O)c2C1c1ccc(C(=O)OC)cc1. The smallest absolute Gasteiger partial charge is 0.337 e. The van der Waals surface area contributed by atoms with Crippen LogP contribution in [0.5, 0.6) is 0 Å². The molecule has 0 bridgehead atoms. The van der Waals surface area contributed by atoms with Gasteiger partial charge in [-0.05, 0) is 31.0 Å². The Morgan fingerprint density at radius 2 is 1.97 bits per heavy atom. The number of hydrogen-bond acceptors (Lipinski definition) is 8. The lowest BCUT2D eigenvalue weighted by Gasteiger charge is -2.28. The summed E-state index contributed by atoms with van der Waals surface area (Å²) >= 11 is 1.48. The van der Waals surface area contributed by atoms with Gasteiger partial charge < -0.3 is 19.8 Å². The van der Waals surface area contributed by atoms with E-state index in [9.17, 15) is 14.4 Å². The van der Waals surface area contributed by atoms with Crippen molar-refractivity contribution in [3.8, 4) is 0 Å². The molecule has 174 valence electrons. The topological polar surface area (TPSA) is 110 Å². The number of rotatable bonds is 9. The molecule has 1 aromatic heterocycles. The maximum Gasteiger partial charge on any atom is 0.337 e. The zero-order valence-electron chi connectivity index (χ0n) is 18.9. The van der Waals surface area contributed by atoms with Gasteiger partial charge in [-0.15, -0.1) is 0 Å². The Labute approximate surface area is 196 Å². The number of unbranched alkanes of at least 4 members (excludes halogenated alkanes) is 1. The fourth-order valence-corrected chi connectivity index (χ4v) is 4.51. The normalized spacial score (nSPS) is 14.8. The van der Waals surface area contributed by atoms with Crippen molar-refractivity contribution in [3.05, 3.63) is 75.2 Å². The molecule has 0 saturated heterocycles. The van der Waals surface area contributed by atoms with E-state index >= 15 is 0 Å². The number of fused-ring (bicyclic) bond motifs is 1. The van der Waals surface area contributed by atoms with E-state index in [0.29, 0.717) is 38.9 Å². The van der Waals surface area contributed by atoms with E-state index < -0.39 is 17.9 Å². The Bertz CT molecular complexity index is 1140. The third-order valence-electron chi connectivity index (χ3n) is 5.17. The van der Waals surface area contributed by atoms with Crippen molar-refractivity contribution in [2.75, 3.05) is 24.8 Å². The predicted octanol–water partition coefficient (Wildman–Crippen LogP) is 4.01. The van der Waals surface area contributed by atoms with Gasteiger partial charge in [-0.1, -0.05) is 49.9 Å². The Kier molecular flexibility index (Phi) is 8.11. The van der Waals surface area contributed by atoms with Crippen molar-refractivity contribution in [1.29, 1.82) is 0 Å². The van der Waals surface area contributed by atoms with Gasteiger partial charge in [-0.2, -0.15) is 0 Å². The van der Waals surface area contributed by atoms with Crippen molar-refractivity contribution in [2.24, 2.45) is 0 Å². The second-order valence-electron chi connectivity index (χ2n) is 7.43. The molecule has 0 saturated carbocycles. The van der Waals surface area contributed by atoms with Crippen molar-refractivity contribution < 1.29 is 19.1 Å². The van der Waals surface area contributed by atoms with Gasteiger partial charge in [-0.25, -0.2) is 14.6 Å². The molecule has 1 atom stereocenters. The Balaban J connectivity index is 2.11. The second kappa shape index (κ2) is 11.0. The maximum absolute atomic E-state index is 13.2. The minimum Gasteiger partial charge on any atom is -0.465 e. The number of esters is 2. The van der Waals surface area contributed by atoms with Crippen LogP contribution < -0.4 is 10.9 Å². The first-order chi connectivity index (χ1) is 15.9. The van der Waals surface area contributed by atoms with Crippen molar-refractivity contribution >= 4 is 29.5 Å². The van der Waals surface area contributed by atoms with Gasteiger partial charge in [-0.3, -0.25) is 4.79 Å². The molecule has 1 aliphatic heterocycles. The van der Waals surface area contributed by atoms with E-state index in [0.717, 1.165) is 18.6 Å². The predicted molar refractivity (Wildman–Crippen MR) is 128 cm³/mol. The molecule has 8 nitrogen and oxygen atoms in total. The van der Waals surface area contributed by atoms with E-state index in [1.165, 1.54) is 24.9 Å². The zero-order chi connectivity index (χ0) is 24.0. The summed E-state index contributed by atoms with van der Waals surface area (Å²) in [6.45, 7) is 7.46. The number of benzene rings is 1. The van der Waals surface area contributed by atoms with Crippen LogP contribution in [0.4, 0.5) is 5.82 Å². The summed E-state index contributed by atoms with van der Waals surface area (Å²) in [5.41, 5.74) is 1.83. The number of aromatic amines is 1. The van der Waals surface area contributed by atoms with Crippen molar-refractivity contribution in [2.45, 2.75) is 37.8 Å². The fraction of sp³-hybridized carbons (Fsp3) is 0.333. The summed E-state index contributed by atoms with van der Waals surface area (Å²) in [5, 5.41) is 3.63. The Hall–Kier alpha value is -3.33. The molecule has 0 aliphatic carbocycles. The fourth-order valence-electron chi connectivity index (χ4n) is 3.56. The summed E-state index contributed by atoms with van der Waals surface area (Å²) in [6, 6.07) is 6.59. The zero-order valence-corrected chi connectivity index (χ0v) is 19.7. The molecule has 2 aromatic rings. The van der Waals surface area contributed by atoms with Crippen LogP contribution in [-0.2, 0) is 14.3 Å². The lowest BCUT2D eigenvalue weighted by atomic mass is 9.82. The Morgan fingerprint density at radius 1 is 1.24 bits per heavy atom. The molecule has 1 unspecified atom stereocenters. The number of hydrogen-bond donors (Lipinski definition) is 2. The monoisotopic (exact) mass is 469 g/mol. The average molecular weight is 470 g/mol. The van der Waals surface area contributed by atoms with Gasteiger partial charge in [0.15, 0.2) is 5.16 Å². The Morgan fingerprint density at radius 3 is 2.61 bits per heavy atom. The molecule has 2 heterocycles. The van der Waals surface area contributed by atoms with Gasteiger partial charge >= 0.3 is 11.9 Å². The number of anilines is 1. The summed E-state index contributed by atoms with van der Waals surface area (Å²) in [6.07, 6.45) is 3.53. The van der Waals surface area contributed by atoms with Crippen LogP contribution in [0.1, 0.15) is 54.1 Å². The highest BCUT2D eigenvalue weighted by Gasteiger charge is 2.36. The molecule has 1 aliphatic rings. The highest BCUT2D eigenvalue weighted by Crippen LogP contribution is 2.40. The van der Waals surface area contributed by atoms with Gasteiger partial charge in [0, 0.05) is 11.4 Å². The number of nitrogens with zero attached hydrogens (tertiary/aromatic N) is 1. The summed E-state index contributed by atoms with van der Waals surface area (Å²) in [5.74, 6) is -0.523. The minimum absolute atomic E-state index is 0.0398. The molecule has 0 fully saturated rings. The molecule has 33 heavy (non-hydrogen) atoms. The molecule has 1 aromatic carbocycles. The number of allylic oxidation sites excluding steroid dienone is 1. The van der Waals surface area contributed by atoms with Gasteiger partial charge in [0.05, 0.1) is 29.7 Å². The first kappa shape index (κ1) is 24.3. The number of nitrogens with one attached hydrogen (secondary N) is 2. The lowest BCUT2D eigenvalue weighted by molar-refractivity contribution is -0.138. The van der Waals surface area contributed by atoms with Gasteiger partial charge in [0.1, 0.15) is 12.4 Å². The third kappa shape index (κ3) is 5.36. The van der Waals surface area contributed by atoms with Crippen LogP contribution in [0.25, 0.3) is 0 Å². The number of carbonyl (C=O) groups excluding carboxylic acids is 2. The van der Waals surface area contributed by atoms with Crippen LogP contribution in [0, 0.1) is 0 Å². The third-order valence-corrected chi connectivity index (χ3v) is 6.13. The van der Waals surface area contributed by atoms with Crippen molar-refractivity contribution in [1.82, 2.24) is 9.97 Å². The molecule has 3 rings (SSSR count). The van der Waals surface area contributed by atoms with E-state index in [-0.39, 0.29) is 12.2 Å². The van der Waals surface area contributed by atoms with Gasteiger partial charge in [0.2, 0.25) is 0 Å². The van der Waals surface area contributed by atoms with E-state index in [1.807, 2.05) is 0 Å². The van der Waals surface area contributed by atoms with Crippen molar-refractivity contribution in [3.63, 3.8) is 0 Å². The number of carbonyl (C=O) groups is 2. The first-order valence-electron chi connectivity index (χ1n) is 10.6. The quantitative estimate of drug-likeness (QED) is 0.186. The van der Waals surface area contributed by atoms with Crippen LogP contribution in [0.3, 0.4) is 0 Å². The van der Waals surface area contributed by atoms with Crippen LogP contribution in [-0.4, -0.2) is 41.4 Å². The van der Waals surface area contributed by atoms with Crippen LogP contribution >= 0.6 is 11.8 Å². The first-order valence-corrected chi connectivity index (χ1v) is 11.6. The van der Waals surface area contributed by atoms with E-state index in [4.69, 9.17) is 9.47 Å². The number of H-pyrrole nitrogens is 1. The highest BCUT2D eigenvalue weighted by atomic mass is 32.2. The second-order valence-corrected chi connectivity index (χ2v) is 8.52. The summed E-state index contributed by atoms with van der Waals surface area (Å²) in [7, 11) is 1.31. The minimum atomic E-state index is -0.726. The molecule has 0 amide bonds. The average Bonchev–Trinajstić information content (AvgIpc) is 2.81. The van der Waals surface area contributed by atoms with Crippen LogP contribution in [0.15, 0.2) is 58.1 Å². The lowest BCUT2D eigenvalue weighted by Crippen LogP contribution is -2.31. The molecule has 9 heteroatoms. The van der Waals surface area contributed by atoms with E-state index in [1.54, 1.807) is 31.2 Å². The highest BCUT2D eigenvalue weighted by molar-refractivity contribution is 7.99. The number of methoxy groups -OCH3 is 1.